The molecule has 1 aliphatic rings. The zero-order valence-corrected chi connectivity index (χ0v) is 18.2. The van der Waals surface area contributed by atoms with Crippen molar-refractivity contribution in [1.82, 2.24) is 15.0 Å². The van der Waals surface area contributed by atoms with Crippen molar-refractivity contribution < 1.29 is 23.0 Å². The Balaban J connectivity index is 1.69. The highest BCUT2D eigenvalue weighted by molar-refractivity contribution is 5.92. The monoisotopic (exact) mass is 455 g/mol. The average molecular weight is 455 g/mol. The van der Waals surface area contributed by atoms with Gasteiger partial charge in [0, 0.05) is 31.0 Å². The summed E-state index contributed by atoms with van der Waals surface area (Å²) in [5.41, 5.74) is 0.255. The molecular weight excluding hydrogens is 432 g/mol. The minimum absolute atomic E-state index is 0.0296. The molecular formula is C23H23F2N5O3. The lowest BCUT2D eigenvalue weighted by molar-refractivity contribution is -0.115. The van der Waals surface area contributed by atoms with Gasteiger partial charge in [-0.3, -0.25) is 4.79 Å². The zero-order chi connectivity index (χ0) is 23.5. The molecule has 0 unspecified atom stereocenters. The Labute approximate surface area is 189 Å². The molecule has 1 saturated heterocycles. The van der Waals surface area contributed by atoms with Gasteiger partial charge in [0.05, 0.1) is 37.6 Å². The molecule has 8 nitrogen and oxygen atoms in total. The molecule has 10 heteroatoms. The van der Waals surface area contributed by atoms with Gasteiger partial charge in [0.1, 0.15) is 11.3 Å². The number of hydrogen-bond acceptors (Lipinski definition) is 8. The number of benzene rings is 1. The number of carbonyl (C=O) groups excluding carboxylic acids is 1. The summed E-state index contributed by atoms with van der Waals surface area (Å²) in [7, 11) is 2.95. The molecule has 0 saturated carbocycles. The van der Waals surface area contributed by atoms with Gasteiger partial charge in [-0.05, 0) is 24.3 Å². The number of ketones is 1. The minimum Gasteiger partial charge on any atom is -0.494 e. The number of ether oxygens (including phenoxy) is 2. The maximum atomic E-state index is 14.8. The maximum absolute atomic E-state index is 14.8. The van der Waals surface area contributed by atoms with Gasteiger partial charge in [0.15, 0.2) is 23.2 Å². The Morgan fingerprint density at radius 2 is 2.15 bits per heavy atom. The molecule has 1 fully saturated rings. The first-order chi connectivity index (χ1) is 15.9. The first-order valence-electron chi connectivity index (χ1n) is 10.3. The number of nitrogens with zero attached hydrogens (tertiary/aromatic N) is 3. The minimum atomic E-state index is -0.841. The van der Waals surface area contributed by atoms with E-state index in [0.717, 1.165) is 6.07 Å². The van der Waals surface area contributed by atoms with E-state index >= 15 is 0 Å². The predicted octanol–water partition coefficient (Wildman–Crippen LogP) is 3.59. The summed E-state index contributed by atoms with van der Waals surface area (Å²) in [6, 6.07) is 3.72. The van der Waals surface area contributed by atoms with E-state index in [0.29, 0.717) is 42.3 Å². The maximum Gasteiger partial charge on any atom is 0.223 e. The van der Waals surface area contributed by atoms with Crippen molar-refractivity contribution >= 4 is 28.5 Å². The number of fused-ring (bicyclic) bond motifs is 1. The van der Waals surface area contributed by atoms with Crippen molar-refractivity contribution in [2.45, 2.75) is 12.5 Å². The molecule has 2 aromatic heterocycles. The molecule has 3 heterocycles. The van der Waals surface area contributed by atoms with Crippen molar-refractivity contribution in [3.63, 3.8) is 0 Å². The largest absolute Gasteiger partial charge is 0.494 e. The molecule has 2 atom stereocenters. The van der Waals surface area contributed by atoms with Crippen LogP contribution in [0, 0.1) is 17.6 Å². The van der Waals surface area contributed by atoms with Gasteiger partial charge in [-0.2, -0.15) is 0 Å². The van der Waals surface area contributed by atoms with E-state index in [1.54, 1.807) is 13.2 Å². The molecule has 33 heavy (non-hydrogen) atoms. The number of halogens is 2. The topological polar surface area (TPSA) is 98.3 Å². The first kappa shape index (κ1) is 22.5. The van der Waals surface area contributed by atoms with Crippen molar-refractivity contribution in [2.24, 2.45) is 5.92 Å². The number of pyridine rings is 1. The van der Waals surface area contributed by atoms with Crippen LogP contribution in [0.5, 0.6) is 5.75 Å². The van der Waals surface area contributed by atoms with Crippen LogP contribution in [-0.4, -0.2) is 54.1 Å². The summed E-state index contributed by atoms with van der Waals surface area (Å²) in [4.78, 5) is 25.0. The number of anilines is 2. The second-order valence-electron chi connectivity index (χ2n) is 7.60. The highest BCUT2D eigenvalue weighted by Gasteiger charge is 2.30. The smallest absolute Gasteiger partial charge is 0.223 e. The van der Waals surface area contributed by atoms with Crippen LogP contribution >= 0.6 is 0 Å². The Kier molecular flexibility index (Phi) is 6.45. The Hall–Kier alpha value is -3.66. The number of aromatic nitrogens is 3. The normalized spacial score (nSPS) is 17.7. The molecule has 4 rings (SSSR count). The van der Waals surface area contributed by atoms with Crippen LogP contribution in [-0.2, 0) is 9.53 Å². The molecule has 0 bridgehead atoms. The lowest BCUT2D eigenvalue weighted by Crippen LogP contribution is -2.30. The standard InChI is InChI=1S/C23H23F2N5O3/c1-4-14(31)7-13-10-33-11-17(13)29-23-27-9-12-8-16(28-22(26-2)21(12)30-23)19-15(24)5-6-18(32-3)20(19)25/h4-6,8-9,13,17H,1,7,10-11H2,2-3H3,(H,26,28)(H,27,29,30)/t13-,17+/m0/s1. The van der Waals surface area contributed by atoms with E-state index in [1.165, 1.54) is 25.3 Å². The van der Waals surface area contributed by atoms with E-state index in [-0.39, 0.29) is 34.7 Å². The molecule has 0 aliphatic carbocycles. The Bertz CT molecular complexity index is 1220. The molecule has 3 aromatic rings. The summed E-state index contributed by atoms with van der Waals surface area (Å²) in [6.45, 7) is 4.38. The fraction of sp³-hybridized carbons (Fsp3) is 0.304. The lowest BCUT2D eigenvalue weighted by atomic mass is 9.97. The Morgan fingerprint density at radius 1 is 1.33 bits per heavy atom. The van der Waals surface area contributed by atoms with Gasteiger partial charge in [-0.1, -0.05) is 6.58 Å². The number of methoxy groups -OCH3 is 1. The summed E-state index contributed by atoms with van der Waals surface area (Å²) in [6.07, 6.45) is 3.17. The van der Waals surface area contributed by atoms with Crippen LogP contribution in [0.1, 0.15) is 6.42 Å². The molecule has 2 N–H and O–H groups in total. The predicted molar refractivity (Wildman–Crippen MR) is 120 cm³/mol. The molecule has 172 valence electrons. The van der Waals surface area contributed by atoms with Crippen molar-refractivity contribution in [2.75, 3.05) is 38.0 Å². The van der Waals surface area contributed by atoms with Crippen molar-refractivity contribution in [3.8, 4) is 17.0 Å². The van der Waals surface area contributed by atoms with Crippen molar-refractivity contribution in [3.05, 3.63) is 48.7 Å². The third kappa shape index (κ3) is 4.47. The highest BCUT2D eigenvalue weighted by atomic mass is 19.1. The van der Waals surface area contributed by atoms with Crippen LogP contribution in [0.25, 0.3) is 22.2 Å². The third-order valence-electron chi connectivity index (χ3n) is 5.54. The van der Waals surface area contributed by atoms with Crippen molar-refractivity contribution in [1.29, 1.82) is 0 Å². The van der Waals surface area contributed by atoms with E-state index in [9.17, 15) is 13.6 Å². The quantitative estimate of drug-likeness (QED) is 0.498. The number of hydrogen-bond donors (Lipinski definition) is 2. The van der Waals surface area contributed by atoms with Crippen LogP contribution in [0.15, 0.2) is 37.1 Å². The van der Waals surface area contributed by atoms with Crippen LogP contribution in [0.2, 0.25) is 0 Å². The van der Waals surface area contributed by atoms with Gasteiger partial charge in [-0.15, -0.1) is 0 Å². The summed E-state index contributed by atoms with van der Waals surface area (Å²) < 4.78 is 39.8. The van der Waals surface area contributed by atoms with E-state index < -0.39 is 11.6 Å². The number of carbonyl (C=O) groups is 1. The Morgan fingerprint density at radius 3 is 2.88 bits per heavy atom. The number of allylic oxidation sites excluding steroid dienone is 1. The summed E-state index contributed by atoms with van der Waals surface area (Å²) >= 11 is 0. The van der Waals surface area contributed by atoms with Crippen LogP contribution in [0.3, 0.4) is 0 Å². The van der Waals surface area contributed by atoms with E-state index in [1.807, 2.05) is 0 Å². The molecule has 0 amide bonds. The fourth-order valence-electron chi connectivity index (χ4n) is 3.80. The SMILES string of the molecule is C=CC(=O)C[C@H]1COC[C@H]1Nc1ncc2cc(-c3c(F)ccc(OC)c3F)nc(NC)c2n1. The zero-order valence-electron chi connectivity index (χ0n) is 18.2. The molecule has 0 spiro atoms. The summed E-state index contributed by atoms with van der Waals surface area (Å²) in [5.74, 6) is -1.11. The lowest BCUT2D eigenvalue weighted by Gasteiger charge is -2.18. The van der Waals surface area contributed by atoms with Crippen LogP contribution < -0.4 is 15.4 Å². The average Bonchev–Trinajstić information content (AvgIpc) is 3.24. The van der Waals surface area contributed by atoms with Gasteiger partial charge in [0.25, 0.3) is 0 Å². The van der Waals surface area contributed by atoms with Crippen LogP contribution in [0.4, 0.5) is 20.5 Å². The fourth-order valence-corrected chi connectivity index (χ4v) is 3.80. The molecule has 1 aliphatic heterocycles. The van der Waals surface area contributed by atoms with Gasteiger partial charge >= 0.3 is 0 Å². The highest BCUT2D eigenvalue weighted by Crippen LogP contribution is 2.34. The molecule has 1 aromatic carbocycles. The number of nitrogens with one attached hydrogen (secondary N) is 2. The first-order valence-corrected chi connectivity index (χ1v) is 10.3. The second kappa shape index (κ2) is 9.45. The van der Waals surface area contributed by atoms with Gasteiger partial charge < -0.3 is 20.1 Å². The van der Waals surface area contributed by atoms with E-state index in [4.69, 9.17) is 9.47 Å². The van der Waals surface area contributed by atoms with E-state index in [2.05, 4.69) is 32.2 Å². The third-order valence-corrected chi connectivity index (χ3v) is 5.54. The molecule has 0 radical (unpaired) electrons. The second-order valence-corrected chi connectivity index (χ2v) is 7.60. The number of rotatable bonds is 8. The van der Waals surface area contributed by atoms with Gasteiger partial charge in [0.2, 0.25) is 5.95 Å². The summed E-state index contributed by atoms with van der Waals surface area (Å²) in [5, 5.41) is 6.68. The van der Waals surface area contributed by atoms with Gasteiger partial charge in [-0.25, -0.2) is 23.7 Å².